The van der Waals surface area contributed by atoms with Gasteiger partial charge in [-0.05, 0) is 6.42 Å². The zero-order chi connectivity index (χ0) is 7.33. The molecule has 0 rings (SSSR count). The van der Waals surface area contributed by atoms with Gasteiger partial charge in [0, 0.05) is 5.88 Å². The molecule has 0 spiro atoms. The summed E-state index contributed by atoms with van der Waals surface area (Å²) in [5, 5.41) is 0. The number of hydrogen-bond acceptors (Lipinski definition) is 0. The van der Waals surface area contributed by atoms with Gasteiger partial charge in [0.15, 0.2) is 0 Å². The van der Waals surface area contributed by atoms with Gasteiger partial charge in [0.25, 0.3) is 0 Å². The Morgan fingerprint density at radius 3 is 2.44 bits per heavy atom. The molecule has 0 nitrogen and oxygen atoms in total. The van der Waals surface area contributed by atoms with E-state index in [1.54, 1.807) is 0 Å². The van der Waals surface area contributed by atoms with E-state index in [4.69, 9.17) is 11.6 Å². The molecule has 0 aliphatic heterocycles. The Labute approximate surface area is 63.9 Å². The van der Waals surface area contributed by atoms with Crippen molar-refractivity contribution in [2.75, 3.05) is 5.88 Å². The molecule has 0 aliphatic carbocycles. The molecule has 0 fully saturated rings. The van der Waals surface area contributed by atoms with E-state index < -0.39 is 8.07 Å². The maximum absolute atomic E-state index is 5.55. The molecule has 2 heteroatoms. The highest BCUT2D eigenvalue weighted by atomic mass is 35.5. The van der Waals surface area contributed by atoms with E-state index in [2.05, 4.69) is 25.4 Å². The van der Waals surface area contributed by atoms with E-state index in [-0.39, 0.29) is 0 Å². The second-order valence-corrected chi connectivity index (χ2v) is 8.25. The van der Waals surface area contributed by atoms with Crippen LogP contribution in [-0.4, -0.2) is 14.0 Å². The van der Waals surface area contributed by atoms with Crippen LogP contribution >= 0.6 is 11.6 Å². The summed E-state index contributed by atoms with van der Waals surface area (Å²) in [7, 11) is -1.02. The van der Waals surface area contributed by atoms with Crippen LogP contribution < -0.4 is 0 Å². The van der Waals surface area contributed by atoms with Gasteiger partial charge in [-0.25, -0.2) is 0 Å². The molecule has 0 heterocycles. The first-order chi connectivity index (χ1) is 4.12. The van der Waals surface area contributed by atoms with Crippen molar-refractivity contribution >= 4 is 19.7 Å². The van der Waals surface area contributed by atoms with Crippen LogP contribution in [0.2, 0.25) is 19.1 Å². The van der Waals surface area contributed by atoms with E-state index in [1.807, 2.05) is 0 Å². The van der Waals surface area contributed by atoms with E-state index in [0.717, 1.165) is 12.3 Å². The highest BCUT2D eigenvalue weighted by Crippen LogP contribution is 2.12. The van der Waals surface area contributed by atoms with Gasteiger partial charge in [0.05, 0.1) is 8.07 Å². The lowest BCUT2D eigenvalue weighted by atomic mass is 10.6. The van der Waals surface area contributed by atoms with E-state index in [0.29, 0.717) is 0 Å². The SMILES string of the molecule is C=C[Si](C)(C)CCCCl. The molecule has 0 radical (unpaired) electrons. The third kappa shape index (κ3) is 4.73. The summed E-state index contributed by atoms with van der Waals surface area (Å²) in [6.07, 6.45) is 1.15. The predicted octanol–water partition coefficient (Wildman–Crippen LogP) is 3.05. The topological polar surface area (TPSA) is 0 Å². The normalized spacial score (nSPS) is 11.4. The van der Waals surface area contributed by atoms with Crippen molar-refractivity contribution in [1.82, 2.24) is 0 Å². The first kappa shape index (κ1) is 9.25. The molecule has 0 unspecified atom stereocenters. The van der Waals surface area contributed by atoms with E-state index >= 15 is 0 Å². The van der Waals surface area contributed by atoms with Crippen molar-refractivity contribution in [2.24, 2.45) is 0 Å². The highest BCUT2D eigenvalue weighted by Gasteiger charge is 2.13. The molecule has 0 aromatic heterocycles. The summed E-state index contributed by atoms with van der Waals surface area (Å²) in [6, 6.07) is 1.28. The first-order valence-electron chi connectivity index (χ1n) is 3.32. The Morgan fingerprint density at radius 2 is 2.11 bits per heavy atom. The average Bonchev–Trinajstić information content (AvgIpc) is 1.84. The van der Waals surface area contributed by atoms with Gasteiger partial charge in [-0.15, -0.1) is 23.9 Å². The quantitative estimate of drug-likeness (QED) is 0.441. The zero-order valence-corrected chi connectivity index (χ0v) is 8.04. The first-order valence-corrected chi connectivity index (χ1v) is 7.14. The van der Waals surface area contributed by atoms with Crippen molar-refractivity contribution in [1.29, 1.82) is 0 Å². The van der Waals surface area contributed by atoms with Crippen LogP contribution in [0.1, 0.15) is 6.42 Å². The Bertz CT molecular complexity index is 88.9. The fourth-order valence-corrected chi connectivity index (χ4v) is 2.27. The molecular formula is C7H15ClSi. The van der Waals surface area contributed by atoms with Gasteiger partial charge in [0.2, 0.25) is 0 Å². The maximum Gasteiger partial charge on any atom is 0.0710 e. The third-order valence-electron chi connectivity index (χ3n) is 1.51. The van der Waals surface area contributed by atoms with Crippen molar-refractivity contribution in [3.63, 3.8) is 0 Å². The zero-order valence-electron chi connectivity index (χ0n) is 6.28. The number of alkyl halides is 1. The summed E-state index contributed by atoms with van der Waals surface area (Å²) in [5.41, 5.74) is 2.12. The molecule has 0 bridgehead atoms. The fourth-order valence-electron chi connectivity index (χ4n) is 0.624. The summed E-state index contributed by atoms with van der Waals surface area (Å²) < 4.78 is 0. The molecule has 0 aromatic rings. The predicted molar refractivity (Wildman–Crippen MR) is 47.8 cm³/mol. The van der Waals surface area contributed by atoms with Gasteiger partial charge in [-0.1, -0.05) is 19.1 Å². The summed E-state index contributed by atoms with van der Waals surface area (Å²) in [6.45, 7) is 8.43. The third-order valence-corrected chi connectivity index (χ3v) is 4.52. The Hall–Kier alpha value is 0.247. The van der Waals surface area contributed by atoms with Crippen LogP contribution in [0.3, 0.4) is 0 Å². The summed E-state index contributed by atoms with van der Waals surface area (Å²) in [5.74, 6) is 0.796. The van der Waals surface area contributed by atoms with Gasteiger partial charge in [-0.3, -0.25) is 0 Å². The van der Waals surface area contributed by atoms with E-state index in [9.17, 15) is 0 Å². The molecule has 0 amide bonds. The van der Waals surface area contributed by atoms with Crippen LogP contribution in [0, 0.1) is 0 Å². The Balaban J connectivity index is 3.45. The van der Waals surface area contributed by atoms with Gasteiger partial charge in [-0.2, -0.15) is 0 Å². The van der Waals surface area contributed by atoms with Crippen LogP contribution in [0.4, 0.5) is 0 Å². The van der Waals surface area contributed by atoms with Crippen LogP contribution in [0.15, 0.2) is 12.3 Å². The second-order valence-electron chi connectivity index (χ2n) is 2.99. The molecule has 0 saturated heterocycles. The standard InChI is InChI=1S/C7H15ClSi/c1-4-9(2,3)7-5-6-8/h4H,1,5-7H2,2-3H3. The minimum Gasteiger partial charge on any atom is -0.127 e. The van der Waals surface area contributed by atoms with Gasteiger partial charge in [0.1, 0.15) is 0 Å². The smallest absolute Gasteiger partial charge is 0.0710 e. The molecule has 54 valence electrons. The van der Waals surface area contributed by atoms with Crippen molar-refractivity contribution in [3.8, 4) is 0 Å². The van der Waals surface area contributed by atoms with Crippen LogP contribution in [-0.2, 0) is 0 Å². The number of hydrogen-bond donors (Lipinski definition) is 0. The lowest BCUT2D eigenvalue weighted by Crippen LogP contribution is -2.21. The fraction of sp³-hybridized carbons (Fsp3) is 0.714. The molecule has 0 aromatic carbocycles. The lowest BCUT2D eigenvalue weighted by Gasteiger charge is -2.14. The molecule has 9 heavy (non-hydrogen) atoms. The minimum absolute atomic E-state index is 0.796. The van der Waals surface area contributed by atoms with Crippen molar-refractivity contribution < 1.29 is 0 Å². The molecular weight excluding hydrogens is 148 g/mol. The molecule has 0 saturated carbocycles. The second kappa shape index (κ2) is 4.12. The lowest BCUT2D eigenvalue weighted by molar-refractivity contribution is 1.06. The van der Waals surface area contributed by atoms with Gasteiger partial charge < -0.3 is 0 Å². The maximum atomic E-state index is 5.55. The Morgan fingerprint density at radius 1 is 1.56 bits per heavy atom. The monoisotopic (exact) mass is 162 g/mol. The van der Waals surface area contributed by atoms with Crippen LogP contribution in [0.25, 0.3) is 0 Å². The largest absolute Gasteiger partial charge is 0.127 e. The van der Waals surface area contributed by atoms with Crippen molar-refractivity contribution in [2.45, 2.75) is 25.6 Å². The number of halogens is 1. The number of rotatable bonds is 4. The Kier molecular flexibility index (Phi) is 4.24. The summed E-state index contributed by atoms with van der Waals surface area (Å²) >= 11 is 5.55. The average molecular weight is 163 g/mol. The van der Waals surface area contributed by atoms with E-state index in [1.165, 1.54) is 6.04 Å². The molecule has 0 N–H and O–H groups in total. The highest BCUT2D eigenvalue weighted by molar-refractivity contribution is 6.82. The van der Waals surface area contributed by atoms with Crippen molar-refractivity contribution in [3.05, 3.63) is 12.3 Å². The molecule has 0 atom stereocenters. The molecule has 0 aliphatic rings. The van der Waals surface area contributed by atoms with Crippen LogP contribution in [0.5, 0.6) is 0 Å². The summed E-state index contributed by atoms with van der Waals surface area (Å²) in [4.78, 5) is 0. The van der Waals surface area contributed by atoms with Gasteiger partial charge >= 0.3 is 0 Å². The minimum atomic E-state index is -1.02.